The molecule has 0 heterocycles. The maximum absolute atomic E-state index is 12.6. The number of nitrogens with zero attached hydrogens (tertiary/aromatic N) is 1. The summed E-state index contributed by atoms with van der Waals surface area (Å²) < 4.78 is 5.20. The molecular weight excluding hydrogens is 311 g/mol. The van der Waals surface area contributed by atoms with Gasteiger partial charge in [-0.1, -0.05) is 23.2 Å². The van der Waals surface area contributed by atoms with Crippen molar-refractivity contribution in [3.05, 3.63) is 52.0 Å². The summed E-state index contributed by atoms with van der Waals surface area (Å²) in [6, 6.07) is 9.80. The molecule has 0 radical (unpaired) electrons. The Bertz CT molecular complexity index is 689. The quantitative estimate of drug-likeness (QED) is 0.872. The van der Waals surface area contributed by atoms with Crippen LogP contribution in [0.25, 0.3) is 0 Å². The van der Waals surface area contributed by atoms with Crippen LogP contribution in [0.3, 0.4) is 0 Å². The van der Waals surface area contributed by atoms with Crippen molar-refractivity contribution in [2.45, 2.75) is 0 Å². The Kier molecular flexibility index (Phi) is 4.60. The van der Waals surface area contributed by atoms with Crippen molar-refractivity contribution in [1.82, 2.24) is 0 Å². The molecule has 2 aromatic rings. The number of ether oxygens (including phenoxy) is 1. The standard InChI is InChI=1S/C15H14Cl2N2O2/c1-19(13-8-10(17)3-5-12(13)18)15(20)11-7-9(16)4-6-14(11)21-2/h3-8H,18H2,1-2H3. The number of halogens is 2. The lowest BCUT2D eigenvalue weighted by Crippen LogP contribution is -2.27. The fourth-order valence-corrected chi connectivity index (χ4v) is 2.28. The number of amides is 1. The average molecular weight is 325 g/mol. The van der Waals surface area contributed by atoms with Crippen LogP contribution in [-0.2, 0) is 0 Å². The molecule has 0 aliphatic rings. The Balaban J connectivity index is 2.44. The summed E-state index contributed by atoms with van der Waals surface area (Å²) in [5.41, 5.74) is 7.23. The van der Waals surface area contributed by atoms with Gasteiger partial charge in [0.15, 0.2) is 0 Å². The van der Waals surface area contributed by atoms with E-state index < -0.39 is 0 Å². The maximum Gasteiger partial charge on any atom is 0.261 e. The molecule has 2 aromatic carbocycles. The van der Waals surface area contributed by atoms with Gasteiger partial charge < -0.3 is 15.4 Å². The number of carbonyl (C=O) groups excluding carboxylic acids is 1. The summed E-state index contributed by atoms with van der Waals surface area (Å²) in [5, 5.41) is 0.948. The molecule has 21 heavy (non-hydrogen) atoms. The molecule has 0 unspecified atom stereocenters. The SMILES string of the molecule is COc1ccc(Cl)cc1C(=O)N(C)c1cc(Cl)ccc1N. The van der Waals surface area contributed by atoms with Gasteiger partial charge in [-0.3, -0.25) is 4.79 Å². The van der Waals surface area contributed by atoms with Gasteiger partial charge in [0.2, 0.25) is 0 Å². The lowest BCUT2D eigenvalue weighted by Gasteiger charge is -2.20. The molecule has 0 aromatic heterocycles. The third kappa shape index (κ3) is 3.23. The summed E-state index contributed by atoms with van der Waals surface area (Å²) in [7, 11) is 3.11. The predicted octanol–water partition coefficient (Wildman–Crippen LogP) is 3.86. The summed E-state index contributed by atoms with van der Waals surface area (Å²) in [4.78, 5) is 14.0. The summed E-state index contributed by atoms with van der Waals surface area (Å²) in [6.45, 7) is 0. The number of hydrogen-bond acceptors (Lipinski definition) is 3. The molecule has 0 bridgehead atoms. The van der Waals surface area contributed by atoms with E-state index in [0.29, 0.717) is 32.7 Å². The number of carbonyl (C=O) groups is 1. The molecule has 0 fully saturated rings. The maximum atomic E-state index is 12.6. The van der Waals surface area contributed by atoms with E-state index in [1.165, 1.54) is 12.0 Å². The molecule has 0 spiro atoms. The molecule has 0 atom stereocenters. The topological polar surface area (TPSA) is 55.6 Å². The van der Waals surface area contributed by atoms with Crippen LogP contribution >= 0.6 is 23.2 Å². The number of methoxy groups -OCH3 is 1. The van der Waals surface area contributed by atoms with Crippen molar-refractivity contribution >= 4 is 40.5 Å². The van der Waals surface area contributed by atoms with Crippen LogP contribution in [0, 0.1) is 0 Å². The van der Waals surface area contributed by atoms with Crippen LogP contribution in [0.15, 0.2) is 36.4 Å². The molecule has 4 nitrogen and oxygen atoms in total. The van der Waals surface area contributed by atoms with Crippen LogP contribution in [0.5, 0.6) is 5.75 Å². The summed E-state index contributed by atoms with van der Waals surface area (Å²) >= 11 is 11.9. The molecule has 110 valence electrons. The van der Waals surface area contributed by atoms with Crippen LogP contribution < -0.4 is 15.4 Å². The van der Waals surface area contributed by atoms with E-state index in [1.807, 2.05) is 0 Å². The van der Waals surface area contributed by atoms with Crippen LogP contribution in [-0.4, -0.2) is 20.1 Å². The molecule has 0 saturated heterocycles. The average Bonchev–Trinajstić information content (AvgIpc) is 2.48. The second kappa shape index (κ2) is 6.24. The number of benzene rings is 2. The normalized spacial score (nSPS) is 10.3. The van der Waals surface area contributed by atoms with Gasteiger partial charge in [0.1, 0.15) is 5.75 Å². The lowest BCUT2D eigenvalue weighted by molar-refractivity contribution is 0.0990. The third-order valence-corrected chi connectivity index (χ3v) is 3.52. The lowest BCUT2D eigenvalue weighted by atomic mass is 10.1. The Morgan fingerprint density at radius 3 is 2.43 bits per heavy atom. The third-order valence-electron chi connectivity index (χ3n) is 3.05. The molecule has 2 N–H and O–H groups in total. The zero-order chi connectivity index (χ0) is 15.6. The van der Waals surface area contributed by atoms with E-state index in [1.54, 1.807) is 43.4 Å². The van der Waals surface area contributed by atoms with E-state index >= 15 is 0 Å². The molecule has 0 aliphatic carbocycles. The molecule has 6 heteroatoms. The van der Waals surface area contributed by atoms with Gasteiger partial charge in [-0.15, -0.1) is 0 Å². The van der Waals surface area contributed by atoms with Crippen LogP contribution in [0.4, 0.5) is 11.4 Å². The van der Waals surface area contributed by atoms with E-state index in [-0.39, 0.29) is 5.91 Å². The second-order valence-electron chi connectivity index (χ2n) is 4.41. The van der Waals surface area contributed by atoms with Crippen molar-refractivity contribution in [3.63, 3.8) is 0 Å². The smallest absolute Gasteiger partial charge is 0.261 e. The number of anilines is 2. The largest absolute Gasteiger partial charge is 0.496 e. The highest BCUT2D eigenvalue weighted by molar-refractivity contribution is 6.31. The molecule has 1 amide bonds. The van der Waals surface area contributed by atoms with Gasteiger partial charge in [0, 0.05) is 17.1 Å². The minimum Gasteiger partial charge on any atom is -0.496 e. The van der Waals surface area contributed by atoms with Crippen molar-refractivity contribution in [1.29, 1.82) is 0 Å². The number of rotatable bonds is 3. The number of hydrogen-bond donors (Lipinski definition) is 1. The Hall–Kier alpha value is -1.91. The van der Waals surface area contributed by atoms with Crippen LogP contribution in [0.2, 0.25) is 10.0 Å². The van der Waals surface area contributed by atoms with Crippen molar-refractivity contribution in [2.75, 3.05) is 24.8 Å². The van der Waals surface area contributed by atoms with Crippen molar-refractivity contribution in [3.8, 4) is 5.75 Å². The minimum atomic E-state index is -0.289. The van der Waals surface area contributed by atoms with Gasteiger partial charge >= 0.3 is 0 Å². The van der Waals surface area contributed by atoms with Crippen molar-refractivity contribution < 1.29 is 9.53 Å². The summed E-state index contributed by atoms with van der Waals surface area (Å²) in [6.07, 6.45) is 0. The van der Waals surface area contributed by atoms with E-state index in [0.717, 1.165) is 0 Å². The summed E-state index contributed by atoms with van der Waals surface area (Å²) in [5.74, 6) is 0.153. The first-order valence-corrected chi connectivity index (χ1v) is 6.86. The van der Waals surface area contributed by atoms with E-state index in [9.17, 15) is 4.79 Å². The molecule has 0 saturated carbocycles. The molecule has 2 rings (SSSR count). The fourth-order valence-electron chi connectivity index (χ4n) is 1.94. The number of nitrogen functional groups attached to an aromatic ring is 1. The van der Waals surface area contributed by atoms with Gasteiger partial charge in [-0.05, 0) is 36.4 Å². The highest BCUT2D eigenvalue weighted by atomic mass is 35.5. The first kappa shape index (κ1) is 15.5. The Morgan fingerprint density at radius 1 is 1.14 bits per heavy atom. The first-order valence-electron chi connectivity index (χ1n) is 6.10. The zero-order valence-corrected chi connectivity index (χ0v) is 13.1. The van der Waals surface area contributed by atoms with Gasteiger partial charge in [0.25, 0.3) is 5.91 Å². The van der Waals surface area contributed by atoms with Gasteiger partial charge in [0.05, 0.1) is 24.0 Å². The Morgan fingerprint density at radius 2 is 1.76 bits per heavy atom. The van der Waals surface area contributed by atoms with E-state index in [4.69, 9.17) is 33.7 Å². The van der Waals surface area contributed by atoms with E-state index in [2.05, 4.69) is 0 Å². The number of nitrogens with two attached hydrogens (primary N) is 1. The highest BCUT2D eigenvalue weighted by Gasteiger charge is 2.20. The fraction of sp³-hybridized carbons (Fsp3) is 0.133. The zero-order valence-electron chi connectivity index (χ0n) is 11.6. The second-order valence-corrected chi connectivity index (χ2v) is 5.28. The molecule has 0 aliphatic heterocycles. The Labute approximate surface area is 133 Å². The van der Waals surface area contributed by atoms with Crippen molar-refractivity contribution in [2.24, 2.45) is 0 Å². The van der Waals surface area contributed by atoms with Crippen LogP contribution in [0.1, 0.15) is 10.4 Å². The first-order chi connectivity index (χ1) is 9.93. The monoisotopic (exact) mass is 324 g/mol. The predicted molar refractivity (Wildman–Crippen MR) is 86.6 cm³/mol. The van der Waals surface area contributed by atoms with Gasteiger partial charge in [-0.2, -0.15) is 0 Å². The highest BCUT2D eigenvalue weighted by Crippen LogP contribution is 2.30. The minimum absolute atomic E-state index is 0.289. The van der Waals surface area contributed by atoms with Gasteiger partial charge in [-0.25, -0.2) is 0 Å². The molecular formula is C15H14Cl2N2O2.